The highest BCUT2D eigenvalue weighted by Gasteiger charge is 2.32. The minimum atomic E-state index is -0.410. The summed E-state index contributed by atoms with van der Waals surface area (Å²) in [5.74, 6) is 0.836. The van der Waals surface area contributed by atoms with Crippen molar-refractivity contribution in [2.75, 3.05) is 26.3 Å². The summed E-state index contributed by atoms with van der Waals surface area (Å²) >= 11 is 0. The monoisotopic (exact) mass is 332 g/mol. The van der Waals surface area contributed by atoms with Gasteiger partial charge >= 0.3 is 6.09 Å². The number of likely N-dealkylation sites (tertiary alicyclic amines) is 1. The Morgan fingerprint density at radius 3 is 3.04 bits per heavy atom. The molecule has 0 saturated carbocycles. The van der Waals surface area contributed by atoms with E-state index in [0.717, 1.165) is 30.7 Å². The first-order chi connectivity index (χ1) is 11.7. The Labute approximate surface area is 142 Å². The number of piperidine rings is 1. The number of ether oxygens (including phenoxy) is 2. The fourth-order valence-corrected chi connectivity index (χ4v) is 3.38. The molecule has 0 aromatic heterocycles. The van der Waals surface area contributed by atoms with Crippen LogP contribution in [0.5, 0.6) is 5.75 Å². The molecule has 6 nitrogen and oxygen atoms in total. The molecular weight excluding hydrogens is 308 g/mol. The lowest BCUT2D eigenvalue weighted by Gasteiger charge is -2.36. The van der Waals surface area contributed by atoms with E-state index in [1.807, 2.05) is 29.2 Å². The smallest absolute Gasteiger partial charge is 0.407 e. The molecule has 6 heteroatoms. The third kappa shape index (κ3) is 3.80. The Morgan fingerprint density at radius 2 is 2.21 bits per heavy atom. The van der Waals surface area contributed by atoms with Gasteiger partial charge in [0.2, 0.25) is 5.91 Å². The maximum atomic E-state index is 12.8. The van der Waals surface area contributed by atoms with E-state index in [1.165, 1.54) is 0 Å². The lowest BCUT2D eigenvalue weighted by Crippen LogP contribution is -2.52. The molecule has 1 N–H and O–H groups in total. The topological polar surface area (TPSA) is 67.9 Å². The molecule has 1 saturated heterocycles. The lowest BCUT2D eigenvalue weighted by molar-refractivity contribution is -0.138. The van der Waals surface area contributed by atoms with E-state index in [9.17, 15) is 9.59 Å². The predicted octanol–water partition coefficient (Wildman–Crippen LogP) is 1.97. The number of carbonyl (C=O) groups excluding carboxylic acids is 2. The Morgan fingerprint density at radius 1 is 1.38 bits per heavy atom. The van der Waals surface area contributed by atoms with Crippen molar-refractivity contribution in [2.45, 2.75) is 32.2 Å². The standard InChI is InChI=1S/C18H24N2O4/c1-2-23-18(22)19-15-7-5-9-20(11-15)17(21)14-10-13-6-3-4-8-16(13)24-12-14/h3-4,6,8,14-15H,2,5,7,9-12H2,1H3,(H,19,22). The van der Waals surface area contributed by atoms with Gasteiger partial charge in [-0.2, -0.15) is 0 Å². The summed E-state index contributed by atoms with van der Waals surface area (Å²) in [7, 11) is 0. The second kappa shape index (κ2) is 7.55. The Bertz CT molecular complexity index is 604. The number of hydrogen-bond acceptors (Lipinski definition) is 4. The minimum absolute atomic E-state index is 0.0430. The number of nitrogens with zero attached hydrogens (tertiary/aromatic N) is 1. The molecule has 2 atom stereocenters. The van der Waals surface area contributed by atoms with Crippen molar-refractivity contribution in [2.24, 2.45) is 5.92 Å². The molecule has 2 unspecified atom stereocenters. The van der Waals surface area contributed by atoms with Gasteiger partial charge in [-0.3, -0.25) is 4.79 Å². The predicted molar refractivity (Wildman–Crippen MR) is 88.9 cm³/mol. The molecule has 2 aliphatic heterocycles. The van der Waals surface area contributed by atoms with Crippen molar-refractivity contribution in [3.8, 4) is 5.75 Å². The fraction of sp³-hybridized carbons (Fsp3) is 0.556. The van der Waals surface area contributed by atoms with Crippen molar-refractivity contribution in [3.63, 3.8) is 0 Å². The van der Waals surface area contributed by atoms with Gasteiger partial charge in [0.05, 0.1) is 12.5 Å². The Balaban J connectivity index is 1.58. The summed E-state index contributed by atoms with van der Waals surface area (Å²) < 4.78 is 10.7. The molecule has 2 aliphatic rings. The van der Waals surface area contributed by atoms with Gasteiger partial charge in [-0.25, -0.2) is 4.79 Å². The molecule has 0 bridgehead atoms. The quantitative estimate of drug-likeness (QED) is 0.919. The molecule has 1 aromatic rings. The summed E-state index contributed by atoms with van der Waals surface area (Å²) in [6, 6.07) is 7.82. The molecular formula is C18H24N2O4. The SMILES string of the molecule is CCOC(=O)NC1CCCN(C(=O)C2COc3ccccc3C2)C1. The van der Waals surface area contributed by atoms with Gasteiger partial charge in [0.15, 0.2) is 0 Å². The molecule has 24 heavy (non-hydrogen) atoms. The van der Waals surface area contributed by atoms with Crippen molar-refractivity contribution < 1.29 is 19.1 Å². The highest BCUT2D eigenvalue weighted by atomic mass is 16.5. The van der Waals surface area contributed by atoms with Crippen molar-refractivity contribution in [3.05, 3.63) is 29.8 Å². The molecule has 1 aromatic carbocycles. The zero-order chi connectivity index (χ0) is 16.9. The number of benzene rings is 1. The number of carbonyl (C=O) groups is 2. The third-order valence-corrected chi connectivity index (χ3v) is 4.56. The summed E-state index contributed by atoms with van der Waals surface area (Å²) in [4.78, 5) is 26.2. The highest BCUT2D eigenvalue weighted by molar-refractivity contribution is 5.80. The Kier molecular flexibility index (Phi) is 5.23. The summed E-state index contributed by atoms with van der Waals surface area (Å²) in [5.41, 5.74) is 1.08. The van der Waals surface area contributed by atoms with Crippen LogP contribution in [0.3, 0.4) is 0 Å². The largest absolute Gasteiger partial charge is 0.492 e. The minimum Gasteiger partial charge on any atom is -0.492 e. The molecule has 2 heterocycles. The number of amides is 2. The molecule has 0 spiro atoms. The molecule has 0 radical (unpaired) electrons. The van der Waals surface area contributed by atoms with Gasteiger partial charge in [0.25, 0.3) is 0 Å². The van der Waals surface area contributed by atoms with Crippen LogP contribution in [0.1, 0.15) is 25.3 Å². The van der Waals surface area contributed by atoms with Crippen LogP contribution in [0.2, 0.25) is 0 Å². The molecule has 1 fully saturated rings. The third-order valence-electron chi connectivity index (χ3n) is 4.56. The van der Waals surface area contributed by atoms with Crippen LogP contribution in [0.4, 0.5) is 4.79 Å². The average molecular weight is 332 g/mol. The zero-order valence-corrected chi connectivity index (χ0v) is 14.0. The van der Waals surface area contributed by atoms with Gasteiger partial charge in [-0.05, 0) is 37.8 Å². The van der Waals surface area contributed by atoms with Gasteiger partial charge in [0, 0.05) is 19.1 Å². The molecule has 2 amide bonds. The summed E-state index contributed by atoms with van der Waals surface area (Å²) in [6.07, 6.45) is 2.05. The van der Waals surface area contributed by atoms with E-state index < -0.39 is 6.09 Å². The van der Waals surface area contributed by atoms with Gasteiger partial charge in [-0.1, -0.05) is 18.2 Å². The number of fused-ring (bicyclic) bond motifs is 1. The lowest BCUT2D eigenvalue weighted by atomic mass is 9.94. The van der Waals surface area contributed by atoms with E-state index >= 15 is 0 Å². The van der Waals surface area contributed by atoms with Crippen LogP contribution in [-0.4, -0.2) is 49.2 Å². The molecule has 0 aliphatic carbocycles. The van der Waals surface area contributed by atoms with Crippen LogP contribution in [-0.2, 0) is 16.0 Å². The van der Waals surface area contributed by atoms with E-state index in [4.69, 9.17) is 9.47 Å². The first kappa shape index (κ1) is 16.6. The van der Waals surface area contributed by atoms with Crippen LogP contribution in [0.15, 0.2) is 24.3 Å². The first-order valence-electron chi connectivity index (χ1n) is 8.60. The summed E-state index contributed by atoms with van der Waals surface area (Å²) in [6.45, 7) is 3.81. The van der Waals surface area contributed by atoms with Gasteiger partial charge in [0.1, 0.15) is 12.4 Å². The number of nitrogens with one attached hydrogen (secondary N) is 1. The Hall–Kier alpha value is -2.24. The van der Waals surface area contributed by atoms with E-state index in [0.29, 0.717) is 26.2 Å². The van der Waals surface area contributed by atoms with Crippen LogP contribution < -0.4 is 10.1 Å². The van der Waals surface area contributed by atoms with Gasteiger partial charge in [-0.15, -0.1) is 0 Å². The number of hydrogen-bond donors (Lipinski definition) is 1. The maximum absolute atomic E-state index is 12.8. The van der Waals surface area contributed by atoms with Crippen molar-refractivity contribution >= 4 is 12.0 Å². The normalized spacial score (nSPS) is 23.0. The van der Waals surface area contributed by atoms with E-state index in [2.05, 4.69) is 5.32 Å². The zero-order valence-electron chi connectivity index (χ0n) is 14.0. The van der Waals surface area contributed by atoms with Gasteiger partial charge < -0.3 is 19.7 Å². The average Bonchev–Trinajstić information content (AvgIpc) is 2.61. The van der Waals surface area contributed by atoms with E-state index in [-0.39, 0.29) is 17.9 Å². The fourth-order valence-electron chi connectivity index (χ4n) is 3.38. The molecule has 130 valence electrons. The maximum Gasteiger partial charge on any atom is 0.407 e. The number of rotatable bonds is 3. The number of para-hydroxylation sites is 1. The van der Waals surface area contributed by atoms with Crippen LogP contribution in [0, 0.1) is 5.92 Å². The first-order valence-corrected chi connectivity index (χ1v) is 8.60. The summed E-state index contributed by atoms with van der Waals surface area (Å²) in [5, 5.41) is 2.84. The molecule has 3 rings (SSSR count). The van der Waals surface area contributed by atoms with Crippen LogP contribution in [0.25, 0.3) is 0 Å². The van der Waals surface area contributed by atoms with Crippen LogP contribution >= 0.6 is 0 Å². The van der Waals surface area contributed by atoms with Crippen molar-refractivity contribution in [1.82, 2.24) is 10.2 Å². The second-order valence-electron chi connectivity index (χ2n) is 6.31. The highest BCUT2D eigenvalue weighted by Crippen LogP contribution is 2.28. The second-order valence-corrected chi connectivity index (χ2v) is 6.31. The van der Waals surface area contributed by atoms with Crippen molar-refractivity contribution in [1.29, 1.82) is 0 Å². The van der Waals surface area contributed by atoms with E-state index in [1.54, 1.807) is 6.92 Å². The number of alkyl carbamates (subject to hydrolysis) is 1.